The fourth-order valence-electron chi connectivity index (χ4n) is 2.68. The van der Waals surface area contributed by atoms with E-state index >= 15 is 0 Å². The van der Waals surface area contributed by atoms with E-state index in [2.05, 4.69) is 0 Å². The molecule has 0 bridgehead atoms. The van der Waals surface area contributed by atoms with Crippen LogP contribution in [0.3, 0.4) is 0 Å². The molecule has 4 nitrogen and oxygen atoms in total. The molecule has 3 unspecified atom stereocenters. The highest BCUT2D eigenvalue weighted by molar-refractivity contribution is 6.86. The maximum Gasteiger partial charge on any atom is 0.389 e. The Morgan fingerprint density at radius 1 is 0.655 bits per heavy atom. The van der Waals surface area contributed by atoms with Crippen LogP contribution in [0.25, 0.3) is 0 Å². The molecule has 0 aromatic rings. The van der Waals surface area contributed by atoms with E-state index in [1.807, 2.05) is 0 Å². The van der Waals surface area contributed by atoms with Crippen molar-refractivity contribution in [2.45, 2.75) is 75.6 Å². The lowest BCUT2D eigenvalue weighted by molar-refractivity contribution is -0.132. The minimum Gasteiger partial charge on any atom is -0.420 e. The Morgan fingerprint density at radius 3 is 1.48 bits per heavy atom. The maximum atomic E-state index is 12.7. The van der Waals surface area contributed by atoms with E-state index in [-0.39, 0.29) is 0 Å². The van der Waals surface area contributed by atoms with Gasteiger partial charge in [0.1, 0.15) is 0 Å². The Hall–Kier alpha value is 0.0775. The Balaban J connectivity index is 3.01. The van der Waals surface area contributed by atoms with Gasteiger partial charge >= 0.3 is 54.2 Å². The fraction of sp³-hybridized carbons (Fsp3) is 1.00. The number of rotatable bonds is 6. The van der Waals surface area contributed by atoms with Gasteiger partial charge in [0.25, 0.3) is 0 Å². The molecule has 1 rings (SSSR count). The number of hydrogen-bond acceptors (Lipinski definition) is 4. The van der Waals surface area contributed by atoms with Gasteiger partial charge in [0.15, 0.2) is 0 Å². The second-order valence-corrected chi connectivity index (χ2v) is 19.5. The van der Waals surface area contributed by atoms with Crippen molar-refractivity contribution in [1.82, 2.24) is 0 Å². The fourth-order valence-corrected chi connectivity index (χ4v) is 20.4. The molecule has 1 fully saturated rings. The largest absolute Gasteiger partial charge is 0.420 e. The highest BCUT2D eigenvalue weighted by Gasteiger charge is 2.49. The van der Waals surface area contributed by atoms with Crippen molar-refractivity contribution < 1.29 is 56.0 Å². The number of hydrogen-bond donors (Lipinski definition) is 0. The van der Waals surface area contributed by atoms with Crippen LogP contribution in [0.1, 0.15) is 19.3 Å². The molecule has 0 saturated carbocycles. The SMILES string of the molecule is C[Si]1(C)O[SiH](CCC(F)(F)F)O[SiH](CCC(F)(F)F)O[Si](C)(CCC(F)(F)F)O1. The highest BCUT2D eigenvalue weighted by atomic mass is 28.5. The first-order valence-corrected chi connectivity index (χ1v) is 17.5. The molecule has 0 radical (unpaired) electrons. The van der Waals surface area contributed by atoms with Gasteiger partial charge in [-0.3, -0.25) is 0 Å². The van der Waals surface area contributed by atoms with E-state index in [0.29, 0.717) is 0 Å². The molecule has 17 heteroatoms. The first kappa shape index (κ1) is 27.1. The van der Waals surface area contributed by atoms with Crippen molar-refractivity contribution in [3.05, 3.63) is 0 Å². The summed E-state index contributed by atoms with van der Waals surface area (Å²) in [5.74, 6) is 0. The number of alkyl halides is 9. The van der Waals surface area contributed by atoms with E-state index in [4.69, 9.17) is 16.5 Å². The van der Waals surface area contributed by atoms with Gasteiger partial charge in [-0.25, -0.2) is 0 Å². The third-order valence-electron chi connectivity index (χ3n) is 3.75. The van der Waals surface area contributed by atoms with E-state index < -0.39 is 91.6 Å². The summed E-state index contributed by atoms with van der Waals surface area (Å²) in [5.41, 5.74) is 0. The van der Waals surface area contributed by atoms with Gasteiger partial charge in [-0.1, -0.05) is 0 Å². The monoisotopic (exact) mass is 514 g/mol. The Kier molecular flexibility index (Phi) is 9.06. The lowest BCUT2D eigenvalue weighted by atomic mass is 10.5. The molecule has 1 aliphatic rings. The molecule has 174 valence electrons. The summed E-state index contributed by atoms with van der Waals surface area (Å²) in [6.45, 7) is 4.19. The van der Waals surface area contributed by atoms with E-state index in [1.54, 1.807) is 0 Å². The highest BCUT2D eigenvalue weighted by Crippen LogP contribution is 2.34. The molecule has 1 aliphatic heterocycles. The molecule has 1 saturated heterocycles. The molecule has 0 N–H and O–H groups in total. The predicted molar refractivity (Wildman–Crippen MR) is 94.2 cm³/mol. The van der Waals surface area contributed by atoms with Crippen LogP contribution in [-0.4, -0.2) is 54.2 Å². The zero-order chi connectivity index (χ0) is 22.7. The van der Waals surface area contributed by atoms with Crippen molar-refractivity contribution in [2.24, 2.45) is 0 Å². The summed E-state index contributed by atoms with van der Waals surface area (Å²) in [7, 11) is -13.2. The van der Waals surface area contributed by atoms with Crippen molar-refractivity contribution in [3.8, 4) is 0 Å². The van der Waals surface area contributed by atoms with Gasteiger partial charge in [0.05, 0.1) is 0 Å². The van der Waals surface area contributed by atoms with Gasteiger partial charge < -0.3 is 16.5 Å². The summed E-state index contributed by atoms with van der Waals surface area (Å²) in [5, 5.41) is 0. The molecule has 0 aliphatic carbocycles. The minimum absolute atomic E-state index is 0.539. The first-order chi connectivity index (χ1) is 12.8. The molecule has 1 heterocycles. The topological polar surface area (TPSA) is 36.9 Å². The molecule has 0 amide bonds. The zero-order valence-corrected chi connectivity index (χ0v) is 20.2. The first-order valence-electron chi connectivity index (χ1n) is 8.69. The molecular weight excluding hydrogens is 491 g/mol. The summed E-state index contributed by atoms with van der Waals surface area (Å²) in [6.07, 6.45) is -17.4. The van der Waals surface area contributed by atoms with Crippen LogP contribution in [0.15, 0.2) is 0 Å². The van der Waals surface area contributed by atoms with Crippen molar-refractivity contribution in [2.75, 3.05) is 0 Å². The van der Waals surface area contributed by atoms with Gasteiger partial charge in [-0.05, 0) is 37.8 Å². The standard InChI is InChI=1S/C12H23F9O4Si4/c1-28(2)23-26(7-4-10(13,14)15)22-27(8-5-11(16,17)18)24-29(3,25-28)9-6-12(19,20)21/h26-27H,4-9H2,1-3H3. The minimum atomic E-state index is -4.56. The Morgan fingerprint density at radius 2 is 1.07 bits per heavy atom. The molecule has 0 aromatic heterocycles. The Bertz CT molecular complexity index is 529. The lowest BCUT2D eigenvalue weighted by Gasteiger charge is -2.42. The second-order valence-electron chi connectivity index (χ2n) is 7.29. The van der Waals surface area contributed by atoms with Crippen molar-refractivity contribution >= 4 is 35.7 Å². The maximum absolute atomic E-state index is 12.7. The van der Waals surface area contributed by atoms with Gasteiger partial charge in [0, 0.05) is 19.3 Å². The zero-order valence-electron chi connectivity index (χ0n) is 15.9. The van der Waals surface area contributed by atoms with Crippen molar-refractivity contribution in [3.63, 3.8) is 0 Å². The van der Waals surface area contributed by atoms with Crippen LogP contribution in [0.4, 0.5) is 39.5 Å². The average Bonchev–Trinajstić information content (AvgIpc) is 2.44. The predicted octanol–water partition coefficient (Wildman–Crippen LogP) is 5.14. The molecular formula is C12H23F9O4Si4. The summed E-state index contributed by atoms with van der Waals surface area (Å²) >= 11 is 0. The van der Waals surface area contributed by atoms with Crippen LogP contribution in [0, 0.1) is 0 Å². The van der Waals surface area contributed by atoms with Crippen LogP contribution in [0.2, 0.25) is 37.8 Å². The van der Waals surface area contributed by atoms with Crippen LogP contribution in [-0.2, 0) is 16.5 Å². The van der Waals surface area contributed by atoms with Gasteiger partial charge in [-0.2, -0.15) is 39.5 Å². The summed E-state index contributed by atoms with van der Waals surface area (Å²) in [6, 6.07) is -1.74. The van der Waals surface area contributed by atoms with Crippen LogP contribution >= 0.6 is 0 Å². The van der Waals surface area contributed by atoms with E-state index in [9.17, 15) is 39.5 Å². The molecule has 29 heavy (non-hydrogen) atoms. The third-order valence-corrected chi connectivity index (χ3v) is 18.9. The quantitative estimate of drug-likeness (QED) is 0.364. The third kappa shape index (κ3) is 12.5. The average molecular weight is 515 g/mol. The lowest BCUT2D eigenvalue weighted by Crippen LogP contribution is -2.59. The van der Waals surface area contributed by atoms with E-state index in [1.165, 1.54) is 19.6 Å². The molecule has 3 atom stereocenters. The Labute approximate surface area is 167 Å². The van der Waals surface area contributed by atoms with Crippen LogP contribution in [0.5, 0.6) is 0 Å². The number of halogens is 9. The normalized spacial score (nSPS) is 29.4. The van der Waals surface area contributed by atoms with Crippen LogP contribution < -0.4 is 0 Å². The second kappa shape index (κ2) is 9.70. The summed E-state index contributed by atoms with van der Waals surface area (Å²) < 4.78 is 136. The summed E-state index contributed by atoms with van der Waals surface area (Å²) in [4.78, 5) is 0. The molecule has 0 spiro atoms. The van der Waals surface area contributed by atoms with Crippen molar-refractivity contribution in [1.29, 1.82) is 0 Å². The van der Waals surface area contributed by atoms with Gasteiger partial charge in [0.2, 0.25) is 0 Å². The van der Waals surface area contributed by atoms with E-state index in [0.717, 1.165) is 0 Å². The molecule has 0 aromatic carbocycles. The van der Waals surface area contributed by atoms with Gasteiger partial charge in [-0.15, -0.1) is 0 Å². The smallest absolute Gasteiger partial charge is 0.389 e.